The number of pyridine rings is 3. The molecule has 0 unspecified atom stereocenters. The van der Waals surface area contributed by atoms with Gasteiger partial charge in [0.15, 0.2) is 0 Å². The van der Waals surface area contributed by atoms with Gasteiger partial charge in [0.1, 0.15) is 23.3 Å². The number of nitriles is 2. The number of aromatic nitrogens is 4. The number of ether oxygens (including phenoxy) is 1. The minimum atomic E-state index is -0.651. The summed E-state index contributed by atoms with van der Waals surface area (Å²) in [4.78, 5) is 14.0. The van der Waals surface area contributed by atoms with E-state index in [0.717, 1.165) is 72.6 Å². The molecule has 7 nitrogen and oxygen atoms in total. The standard InChI is InChI=1S/C36H18N6O/c37-18-21-9-12-30-24(15-21)25-16-22(19-38)41-20-31(25)42(30)23-10-11-27-33(17-23)43-32-8-2-1-5-26(32)36(27)28-6-3-13-39-34(28)35-29(36)7-4-14-40-35/h1-17,20H. The zero-order valence-electron chi connectivity index (χ0n) is 22.5. The van der Waals surface area contributed by atoms with Crippen LogP contribution in [0.15, 0.2) is 110 Å². The van der Waals surface area contributed by atoms with Crippen LogP contribution in [0.5, 0.6) is 11.5 Å². The largest absolute Gasteiger partial charge is 0.457 e. The van der Waals surface area contributed by atoms with Crippen LogP contribution < -0.4 is 4.74 Å². The average Bonchev–Trinajstić information content (AvgIpc) is 3.55. The summed E-state index contributed by atoms with van der Waals surface area (Å²) in [7, 11) is 0. The van der Waals surface area contributed by atoms with Crippen LogP contribution >= 0.6 is 0 Å². The van der Waals surface area contributed by atoms with Gasteiger partial charge in [-0.2, -0.15) is 10.5 Å². The first kappa shape index (κ1) is 23.4. The van der Waals surface area contributed by atoms with Gasteiger partial charge in [-0.05, 0) is 59.7 Å². The summed E-state index contributed by atoms with van der Waals surface area (Å²) in [5, 5.41) is 20.9. The Bertz CT molecular complexity index is 2310. The molecule has 5 heterocycles. The van der Waals surface area contributed by atoms with Gasteiger partial charge in [0, 0.05) is 46.0 Å². The molecule has 43 heavy (non-hydrogen) atoms. The van der Waals surface area contributed by atoms with Gasteiger partial charge in [-0.3, -0.25) is 9.97 Å². The van der Waals surface area contributed by atoms with Crippen molar-refractivity contribution in [3.8, 4) is 40.7 Å². The maximum absolute atomic E-state index is 9.60. The normalized spacial score (nSPS) is 13.4. The maximum Gasteiger partial charge on any atom is 0.141 e. The smallest absolute Gasteiger partial charge is 0.141 e. The van der Waals surface area contributed by atoms with Gasteiger partial charge < -0.3 is 9.30 Å². The molecule has 3 aromatic carbocycles. The van der Waals surface area contributed by atoms with Gasteiger partial charge in [-0.25, -0.2) is 4.98 Å². The molecule has 2 aliphatic rings. The Morgan fingerprint density at radius 3 is 2.12 bits per heavy atom. The van der Waals surface area contributed by atoms with Crippen LogP contribution in [0.3, 0.4) is 0 Å². The first-order chi connectivity index (χ1) is 21.2. The summed E-state index contributed by atoms with van der Waals surface area (Å²) in [5.74, 6) is 1.51. The lowest BCUT2D eigenvalue weighted by Crippen LogP contribution is -2.32. The molecular weight excluding hydrogens is 532 g/mol. The van der Waals surface area contributed by atoms with Crippen molar-refractivity contribution in [3.05, 3.63) is 143 Å². The Balaban J connectivity index is 1.36. The molecule has 0 fully saturated rings. The fraction of sp³-hybridized carbons (Fsp3) is 0.0278. The summed E-state index contributed by atoms with van der Waals surface area (Å²) in [6, 6.07) is 34.5. The van der Waals surface area contributed by atoms with Crippen LogP contribution in [0.1, 0.15) is 33.5 Å². The number of benzene rings is 3. The molecule has 1 aliphatic heterocycles. The fourth-order valence-electron chi connectivity index (χ4n) is 7.02. The van der Waals surface area contributed by atoms with Crippen LogP contribution in [-0.4, -0.2) is 19.5 Å². The quantitative estimate of drug-likeness (QED) is 0.215. The SMILES string of the molecule is N#Cc1ccc2c(c1)c1cc(C#N)ncc1n2-c1ccc2c(c1)Oc1ccccc1C21c2cccnc2-c2ncccc21. The molecule has 0 N–H and O–H groups in total. The topological polar surface area (TPSA) is 100 Å². The molecule has 0 bridgehead atoms. The molecule has 0 atom stereocenters. The van der Waals surface area contributed by atoms with Crippen LogP contribution in [0, 0.1) is 22.7 Å². The van der Waals surface area contributed by atoms with Crippen molar-refractivity contribution in [2.75, 3.05) is 0 Å². The number of fused-ring (bicyclic) bond motifs is 12. The van der Waals surface area contributed by atoms with E-state index in [1.54, 1.807) is 12.3 Å². The Morgan fingerprint density at radius 2 is 1.35 bits per heavy atom. The van der Waals surface area contributed by atoms with Gasteiger partial charge in [-0.1, -0.05) is 36.4 Å². The van der Waals surface area contributed by atoms with Gasteiger partial charge >= 0.3 is 0 Å². The van der Waals surface area contributed by atoms with E-state index < -0.39 is 5.41 Å². The van der Waals surface area contributed by atoms with Crippen LogP contribution in [0.4, 0.5) is 0 Å². The minimum absolute atomic E-state index is 0.321. The molecule has 0 amide bonds. The molecule has 4 aromatic heterocycles. The van der Waals surface area contributed by atoms with Crippen LogP contribution in [0.2, 0.25) is 0 Å². The van der Waals surface area contributed by atoms with Crippen molar-refractivity contribution in [1.82, 2.24) is 19.5 Å². The molecule has 0 radical (unpaired) electrons. The average molecular weight is 551 g/mol. The predicted octanol–water partition coefficient (Wildman–Crippen LogP) is 7.18. The van der Waals surface area contributed by atoms with Gasteiger partial charge in [0.25, 0.3) is 0 Å². The summed E-state index contributed by atoms with van der Waals surface area (Å²) >= 11 is 0. The summed E-state index contributed by atoms with van der Waals surface area (Å²) in [5.41, 5.74) is 8.78. The molecule has 1 aliphatic carbocycles. The molecular formula is C36H18N6O. The second kappa shape index (κ2) is 8.36. The highest BCUT2D eigenvalue weighted by Crippen LogP contribution is 2.61. The molecule has 1 spiro atoms. The highest BCUT2D eigenvalue weighted by Gasteiger charge is 2.52. The zero-order chi connectivity index (χ0) is 28.7. The lowest BCUT2D eigenvalue weighted by atomic mass is 9.66. The molecule has 7 heteroatoms. The highest BCUT2D eigenvalue weighted by atomic mass is 16.5. The Hall–Kier alpha value is -6.31. The van der Waals surface area contributed by atoms with Gasteiger partial charge in [-0.15, -0.1) is 0 Å². The second-order valence-corrected chi connectivity index (χ2v) is 10.7. The van der Waals surface area contributed by atoms with E-state index in [1.165, 1.54) is 0 Å². The third-order valence-corrected chi connectivity index (χ3v) is 8.68. The Kier molecular flexibility index (Phi) is 4.55. The van der Waals surface area contributed by atoms with E-state index in [0.29, 0.717) is 11.3 Å². The summed E-state index contributed by atoms with van der Waals surface area (Å²) in [6.07, 6.45) is 5.35. The third kappa shape index (κ3) is 2.92. The first-order valence-electron chi connectivity index (χ1n) is 13.8. The number of nitrogens with zero attached hydrogens (tertiary/aromatic N) is 6. The van der Waals surface area contributed by atoms with E-state index in [2.05, 4.69) is 58.1 Å². The second-order valence-electron chi connectivity index (χ2n) is 10.7. The van der Waals surface area contributed by atoms with Crippen molar-refractivity contribution >= 4 is 21.8 Å². The Morgan fingerprint density at radius 1 is 0.628 bits per heavy atom. The van der Waals surface area contributed by atoms with Crippen LogP contribution in [-0.2, 0) is 5.41 Å². The van der Waals surface area contributed by atoms with E-state index in [1.807, 2.05) is 60.9 Å². The molecule has 0 saturated carbocycles. The fourth-order valence-corrected chi connectivity index (χ4v) is 7.02. The van der Waals surface area contributed by atoms with Gasteiger partial charge in [0.2, 0.25) is 0 Å². The van der Waals surface area contributed by atoms with Crippen LogP contribution in [0.25, 0.3) is 38.9 Å². The molecule has 198 valence electrons. The van der Waals surface area contributed by atoms with Crippen molar-refractivity contribution in [2.45, 2.75) is 5.41 Å². The third-order valence-electron chi connectivity index (χ3n) is 8.68. The number of para-hydroxylation sites is 1. The van der Waals surface area contributed by atoms with E-state index in [4.69, 9.17) is 14.7 Å². The van der Waals surface area contributed by atoms with Crippen molar-refractivity contribution in [2.24, 2.45) is 0 Å². The number of rotatable bonds is 1. The van der Waals surface area contributed by atoms with E-state index in [-0.39, 0.29) is 0 Å². The van der Waals surface area contributed by atoms with Crippen molar-refractivity contribution in [3.63, 3.8) is 0 Å². The van der Waals surface area contributed by atoms with Crippen molar-refractivity contribution in [1.29, 1.82) is 10.5 Å². The monoisotopic (exact) mass is 550 g/mol. The molecule has 7 aromatic rings. The number of hydrogen-bond acceptors (Lipinski definition) is 6. The van der Waals surface area contributed by atoms with E-state index in [9.17, 15) is 10.5 Å². The lowest BCUT2D eigenvalue weighted by molar-refractivity contribution is 0.436. The first-order valence-corrected chi connectivity index (χ1v) is 13.8. The Labute approximate surface area is 245 Å². The lowest BCUT2D eigenvalue weighted by Gasteiger charge is -2.39. The molecule has 9 rings (SSSR count). The number of hydrogen-bond donors (Lipinski definition) is 0. The zero-order valence-corrected chi connectivity index (χ0v) is 22.5. The minimum Gasteiger partial charge on any atom is -0.457 e. The van der Waals surface area contributed by atoms with Crippen molar-refractivity contribution < 1.29 is 4.74 Å². The molecule has 0 saturated heterocycles. The maximum atomic E-state index is 9.60. The van der Waals surface area contributed by atoms with Gasteiger partial charge in [0.05, 0.1) is 45.7 Å². The predicted molar refractivity (Wildman–Crippen MR) is 161 cm³/mol. The summed E-state index contributed by atoms with van der Waals surface area (Å²) < 4.78 is 8.78. The highest BCUT2D eigenvalue weighted by molar-refractivity contribution is 6.09. The van der Waals surface area contributed by atoms with E-state index >= 15 is 0 Å². The summed E-state index contributed by atoms with van der Waals surface area (Å²) in [6.45, 7) is 0.